The highest BCUT2D eigenvalue weighted by Crippen LogP contribution is 2.32. The number of aromatic nitrogens is 2. The van der Waals surface area contributed by atoms with Gasteiger partial charge in [0.1, 0.15) is 11.6 Å². The molecule has 0 spiro atoms. The van der Waals surface area contributed by atoms with E-state index in [0.717, 1.165) is 18.2 Å². The predicted octanol–water partition coefficient (Wildman–Crippen LogP) is 4.82. The van der Waals surface area contributed by atoms with Gasteiger partial charge in [-0.2, -0.15) is 5.10 Å². The number of likely N-dealkylation sites (tertiary alicyclic amines) is 1. The Morgan fingerprint density at radius 2 is 1.94 bits per heavy atom. The maximum absolute atomic E-state index is 14.3. The van der Waals surface area contributed by atoms with Crippen molar-refractivity contribution in [3.05, 3.63) is 58.0 Å². The summed E-state index contributed by atoms with van der Waals surface area (Å²) in [5.74, 6) is -3.44. The number of benzene rings is 2. The van der Waals surface area contributed by atoms with E-state index < -0.39 is 35.4 Å². The molecule has 2 aromatic carbocycles. The molecule has 0 unspecified atom stereocenters. The van der Waals surface area contributed by atoms with Crippen molar-refractivity contribution in [1.82, 2.24) is 14.7 Å². The molecule has 4 rings (SSSR count). The fourth-order valence-corrected chi connectivity index (χ4v) is 4.17. The van der Waals surface area contributed by atoms with E-state index in [-0.39, 0.29) is 29.7 Å². The van der Waals surface area contributed by atoms with Crippen LogP contribution in [-0.4, -0.2) is 51.1 Å². The van der Waals surface area contributed by atoms with Crippen LogP contribution in [0.5, 0.6) is 5.75 Å². The number of ether oxygens (including phenoxy) is 1. The van der Waals surface area contributed by atoms with Gasteiger partial charge >= 0.3 is 12.3 Å². The third-order valence-electron chi connectivity index (χ3n) is 5.36. The van der Waals surface area contributed by atoms with Gasteiger partial charge in [-0.05, 0) is 37.6 Å². The summed E-state index contributed by atoms with van der Waals surface area (Å²) in [5.41, 5.74) is 0.353. The van der Waals surface area contributed by atoms with Crippen molar-refractivity contribution in [2.45, 2.75) is 25.7 Å². The van der Waals surface area contributed by atoms with Crippen LogP contribution < -0.4 is 4.74 Å². The topological polar surface area (TPSA) is 84.7 Å². The SMILES string of the molecule is Cc1nn([C@@H]2CCN(C(=O)c3cc(Cl)cc(OC(F)(F)F)c3)C2)c2cc(F)c(C(=O)O)cc12. The van der Waals surface area contributed by atoms with Gasteiger partial charge in [0.15, 0.2) is 0 Å². The van der Waals surface area contributed by atoms with Crippen LogP contribution in [0.3, 0.4) is 0 Å². The van der Waals surface area contributed by atoms with E-state index in [2.05, 4.69) is 9.84 Å². The smallest absolute Gasteiger partial charge is 0.478 e. The third-order valence-corrected chi connectivity index (χ3v) is 5.58. The van der Waals surface area contributed by atoms with Crippen LogP contribution in [0, 0.1) is 12.7 Å². The molecular formula is C21H16ClF4N3O4. The number of rotatable bonds is 4. The summed E-state index contributed by atoms with van der Waals surface area (Å²) in [6.07, 6.45) is -4.48. The summed E-state index contributed by atoms with van der Waals surface area (Å²) >= 11 is 5.86. The van der Waals surface area contributed by atoms with Crippen molar-refractivity contribution in [3.63, 3.8) is 0 Å². The number of amides is 1. The number of carboxylic acids is 1. The molecule has 7 nitrogen and oxygen atoms in total. The Morgan fingerprint density at radius 1 is 1.21 bits per heavy atom. The highest BCUT2D eigenvalue weighted by Gasteiger charge is 2.33. The quantitative estimate of drug-likeness (QED) is 0.536. The lowest BCUT2D eigenvalue weighted by molar-refractivity contribution is -0.274. The lowest BCUT2D eigenvalue weighted by atomic mass is 10.1. The van der Waals surface area contributed by atoms with Gasteiger partial charge in [0, 0.05) is 35.1 Å². The van der Waals surface area contributed by atoms with Gasteiger partial charge < -0.3 is 14.7 Å². The monoisotopic (exact) mass is 485 g/mol. The van der Waals surface area contributed by atoms with Crippen molar-refractivity contribution in [3.8, 4) is 5.75 Å². The summed E-state index contributed by atoms with van der Waals surface area (Å²) in [6, 6.07) is 5.14. The Hall–Kier alpha value is -3.34. The normalized spacial score (nSPS) is 16.4. The third kappa shape index (κ3) is 4.58. The number of hydrogen-bond acceptors (Lipinski definition) is 4. The Labute approximate surface area is 189 Å². The van der Waals surface area contributed by atoms with E-state index in [1.54, 1.807) is 11.6 Å². The highest BCUT2D eigenvalue weighted by atomic mass is 35.5. The average molecular weight is 486 g/mol. The molecule has 0 bridgehead atoms. The van der Waals surface area contributed by atoms with Crippen LogP contribution in [0.25, 0.3) is 10.9 Å². The van der Waals surface area contributed by atoms with E-state index in [1.807, 2.05) is 0 Å². The molecular weight excluding hydrogens is 470 g/mol. The number of halogens is 5. The molecule has 12 heteroatoms. The lowest BCUT2D eigenvalue weighted by Gasteiger charge is -2.18. The van der Waals surface area contributed by atoms with Gasteiger partial charge in [0.25, 0.3) is 5.91 Å². The van der Waals surface area contributed by atoms with Crippen LogP contribution in [0.15, 0.2) is 30.3 Å². The molecule has 1 atom stereocenters. The van der Waals surface area contributed by atoms with Crippen molar-refractivity contribution in [2.75, 3.05) is 13.1 Å². The molecule has 33 heavy (non-hydrogen) atoms. The molecule has 0 radical (unpaired) electrons. The Kier molecular flexibility index (Phi) is 5.69. The Balaban J connectivity index is 1.59. The zero-order chi connectivity index (χ0) is 24.1. The molecule has 3 aromatic rings. The second-order valence-electron chi connectivity index (χ2n) is 7.60. The van der Waals surface area contributed by atoms with E-state index in [9.17, 15) is 27.2 Å². The minimum Gasteiger partial charge on any atom is -0.478 e. The molecule has 0 aliphatic carbocycles. The van der Waals surface area contributed by atoms with Crippen molar-refractivity contribution >= 4 is 34.4 Å². The first-order chi connectivity index (χ1) is 15.4. The number of aryl methyl sites for hydroxylation is 1. The van der Waals surface area contributed by atoms with Gasteiger partial charge in [-0.1, -0.05) is 11.6 Å². The van der Waals surface area contributed by atoms with Crippen LogP contribution in [0.2, 0.25) is 5.02 Å². The molecule has 1 aromatic heterocycles. The number of carboxylic acid groups (broad SMARTS) is 1. The summed E-state index contributed by atoms with van der Waals surface area (Å²) in [4.78, 5) is 25.6. The van der Waals surface area contributed by atoms with Crippen molar-refractivity contribution in [2.24, 2.45) is 0 Å². The largest absolute Gasteiger partial charge is 0.573 e. The molecule has 1 saturated heterocycles. The van der Waals surface area contributed by atoms with E-state index in [1.165, 1.54) is 17.0 Å². The highest BCUT2D eigenvalue weighted by molar-refractivity contribution is 6.31. The molecule has 2 heterocycles. The van der Waals surface area contributed by atoms with E-state index >= 15 is 0 Å². The Morgan fingerprint density at radius 3 is 2.61 bits per heavy atom. The average Bonchev–Trinajstić information content (AvgIpc) is 3.29. The number of carbonyl (C=O) groups is 2. The van der Waals surface area contributed by atoms with Gasteiger partial charge in [-0.3, -0.25) is 9.48 Å². The van der Waals surface area contributed by atoms with E-state index in [0.29, 0.717) is 23.0 Å². The van der Waals surface area contributed by atoms with Gasteiger partial charge in [0.05, 0.1) is 22.8 Å². The van der Waals surface area contributed by atoms with Gasteiger partial charge in [0.2, 0.25) is 0 Å². The molecule has 1 aliphatic rings. The Bertz CT molecular complexity index is 1270. The molecule has 174 valence electrons. The molecule has 1 amide bonds. The maximum Gasteiger partial charge on any atom is 0.573 e. The number of hydrogen-bond donors (Lipinski definition) is 1. The number of nitrogens with zero attached hydrogens (tertiary/aromatic N) is 3. The standard InChI is InChI=1S/C21H16ClF4N3O4/c1-10-15-7-16(20(31)32)17(23)8-18(15)29(27-10)13-2-3-28(9-13)19(30)11-4-12(22)6-14(5-11)33-21(24,25)26/h4-8,13H,2-3,9H2,1H3,(H,31,32)/t13-/m1/s1. The second kappa shape index (κ2) is 8.22. The van der Waals surface area contributed by atoms with E-state index in [4.69, 9.17) is 16.7 Å². The maximum atomic E-state index is 14.3. The minimum absolute atomic E-state index is 0.0685. The minimum atomic E-state index is -4.93. The molecule has 1 fully saturated rings. The first kappa shape index (κ1) is 22.8. The first-order valence-electron chi connectivity index (χ1n) is 9.70. The zero-order valence-electron chi connectivity index (χ0n) is 17.0. The molecule has 1 aliphatic heterocycles. The fourth-order valence-electron chi connectivity index (χ4n) is 3.94. The summed E-state index contributed by atoms with van der Waals surface area (Å²) < 4.78 is 57.3. The summed E-state index contributed by atoms with van der Waals surface area (Å²) in [5, 5.41) is 13.9. The fraction of sp³-hybridized carbons (Fsp3) is 0.286. The second-order valence-corrected chi connectivity index (χ2v) is 8.04. The van der Waals surface area contributed by atoms with Crippen LogP contribution in [0.1, 0.15) is 38.9 Å². The number of carbonyl (C=O) groups excluding carboxylic acids is 1. The molecule has 0 saturated carbocycles. The number of alkyl halides is 3. The predicted molar refractivity (Wildman–Crippen MR) is 109 cm³/mol. The summed E-state index contributed by atoms with van der Waals surface area (Å²) in [6.45, 7) is 2.11. The van der Waals surface area contributed by atoms with Crippen LogP contribution in [0.4, 0.5) is 17.6 Å². The van der Waals surface area contributed by atoms with Crippen molar-refractivity contribution in [1.29, 1.82) is 0 Å². The lowest BCUT2D eigenvalue weighted by Crippen LogP contribution is -2.29. The van der Waals surface area contributed by atoms with Crippen LogP contribution >= 0.6 is 11.6 Å². The summed E-state index contributed by atoms with van der Waals surface area (Å²) in [7, 11) is 0. The van der Waals surface area contributed by atoms with Gasteiger partial charge in [-0.25, -0.2) is 9.18 Å². The molecule has 1 N–H and O–H groups in total. The van der Waals surface area contributed by atoms with Gasteiger partial charge in [-0.15, -0.1) is 13.2 Å². The van der Waals surface area contributed by atoms with Crippen molar-refractivity contribution < 1.29 is 37.0 Å². The zero-order valence-corrected chi connectivity index (χ0v) is 17.7. The first-order valence-corrected chi connectivity index (χ1v) is 10.1. The number of fused-ring (bicyclic) bond motifs is 1. The van der Waals surface area contributed by atoms with Crippen LogP contribution in [-0.2, 0) is 0 Å². The number of aromatic carboxylic acids is 1.